The SMILES string of the molecule is CN(C)CCN=Cc1cccc2cccc(I)c12. The fourth-order valence-corrected chi connectivity index (χ4v) is 2.68. The quantitative estimate of drug-likeness (QED) is 0.608. The Balaban J connectivity index is 2.28. The zero-order valence-electron chi connectivity index (χ0n) is 10.7. The first-order valence-electron chi connectivity index (χ1n) is 6.00. The Bertz CT molecular complexity index is 556. The van der Waals surface area contributed by atoms with Gasteiger partial charge in [-0.15, -0.1) is 0 Å². The third-order valence-corrected chi connectivity index (χ3v) is 3.69. The van der Waals surface area contributed by atoms with Crippen LogP contribution in [0.4, 0.5) is 0 Å². The highest BCUT2D eigenvalue weighted by Crippen LogP contribution is 2.23. The fraction of sp³-hybridized carbons (Fsp3) is 0.267. The number of hydrogen-bond donors (Lipinski definition) is 0. The Labute approximate surface area is 122 Å². The van der Waals surface area contributed by atoms with Gasteiger partial charge in [0.05, 0.1) is 6.54 Å². The average molecular weight is 352 g/mol. The van der Waals surface area contributed by atoms with Crippen LogP contribution in [0.15, 0.2) is 41.4 Å². The smallest absolute Gasteiger partial charge is 0.0516 e. The van der Waals surface area contributed by atoms with Crippen LogP contribution >= 0.6 is 22.6 Å². The van der Waals surface area contributed by atoms with Crippen LogP contribution in [0, 0.1) is 3.57 Å². The Morgan fingerprint density at radius 2 is 1.89 bits per heavy atom. The highest BCUT2D eigenvalue weighted by Gasteiger charge is 2.01. The summed E-state index contributed by atoms with van der Waals surface area (Å²) >= 11 is 2.39. The van der Waals surface area contributed by atoms with Crippen molar-refractivity contribution >= 4 is 39.6 Å². The van der Waals surface area contributed by atoms with Gasteiger partial charge in [-0.3, -0.25) is 4.99 Å². The lowest BCUT2D eigenvalue weighted by Gasteiger charge is -2.06. The predicted molar refractivity (Wildman–Crippen MR) is 87.7 cm³/mol. The number of halogens is 1. The monoisotopic (exact) mass is 352 g/mol. The molecule has 0 unspecified atom stereocenters. The Kier molecular flexibility index (Phi) is 4.72. The lowest BCUT2D eigenvalue weighted by molar-refractivity contribution is 0.421. The summed E-state index contributed by atoms with van der Waals surface area (Å²) < 4.78 is 1.28. The number of rotatable bonds is 4. The van der Waals surface area contributed by atoms with Gasteiger partial charge in [-0.05, 0) is 48.1 Å². The van der Waals surface area contributed by atoms with Crippen molar-refractivity contribution in [2.45, 2.75) is 0 Å². The molecule has 0 aliphatic heterocycles. The van der Waals surface area contributed by atoms with Gasteiger partial charge in [-0.25, -0.2) is 0 Å². The summed E-state index contributed by atoms with van der Waals surface area (Å²) in [5.41, 5.74) is 1.20. The van der Waals surface area contributed by atoms with Gasteiger partial charge in [0.1, 0.15) is 0 Å². The topological polar surface area (TPSA) is 15.6 Å². The fourth-order valence-electron chi connectivity index (χ4n) is 1.85. The minimum absolute atomic E-state index is 0.840. The molecule has 0 N–H and O–H groups in total. The third kappa shape index (κ3) is 3.29. The molecule has 0 radical (unpaired) electrons. The van der Waals surface area contributed by atoms with Gasteiger partial charge < -0.3 is 4.90 Å². The first kappa shape index (κ1) is 13.5. The van der Waals surface area contributed by atoms with Gasteiger partial charge in [0.25, 0.3) is 0 Å². The number of nitrogens with zero attached hydrogens (tertiary/aromatic N) is 2. The van der Waals surface area contributed by atoms with E-state index in [1.165, 1.54) is 19.9 Å². The van der Waals surface area contributed by atoms with Gasteiger partial charge in [-0.2, -0.15) is 0 Å². The molecule has 0 amide bonds. The first-order chi connectivity index (χ1) is 8.68. The lowest BCUT2D eigenvalue weighted by Crippen LogP contribution is -2.15. The van der Waals surface area contributed by atoms with E-state index in [2.05, 4.69) is 83.0 Å². The molecule has 0 aromatic heterocycles. The van der Waals surface area contributed by atoms with E-state index in [1.54, 1.807) is 0 Å². The second kappa shape index (κ2) is 6.29. The molecule has 18 heavy (non-hydrogen) atoms. The van der Waals surface area contributed by atoms with Crippen molar-refractivity contribution < 1.29 is 0 Å². The number of aliphatic imine (C=N–C) groups is 1. The molecule has 0 aliphatic rings. The minimum Gasteiger partial charge on any atom is -0.308 e. The Morgan fingerprint density at radius 3 is 2.61 bits per heavy atom. The molecule has 0 heterocycles. The molecule has 2 rings (SSSR count). The minimum atomic E-state index is 0.840. The Hall–Kier alpha value is -0.940. The Morgan fingerprint density at radius 1 is 1.17 bits per heavy atom. The largest absolute Gasteiger partial charge is 0.308 e. The van der Waals surface area contributed by atoms with Crippen LogP contribution in [-0.4, -0.2) is 38.3 Å². The van der Waals surface area contributed by atoms with Crippen LogP contribution in [0.2, 0.25) is 0 Å². The van der Waals surface area contributed by atoms with Crippen LogP contribution in [0.25, 0.3) is 10.8 Å². The summed E-state index contributed by atoms with van der Waals surface area (Å²) in [7, 11) is 4.13. The van der Waals surface area contributed by atoms with Crippen LogP contribution in [0.3, 0.4) is 0 Å². The molecule has 0 spiro atoms. The van der Waals surface area contributed by atoms with Crippen LogP contribution < -0.4 is 0 Å². The van der Waals surface area contributed by atoms with Crippen molar-refractivity contribution in [2.75, 3.05) is 27.2 Å². The normalized spacial score (nSPS) is 11.8. The molecule has 94 valence electrons. The van der Waals surface area contributed by atoms with Crippen molar-refractivity contribution in [2.24, 2.45) is 4.99 Å². The van der Waals surface area contributed by atoms with E-state index in [0.29, 0.717) is 0 Å². The van der Waals surface area contributed by atoms with E-state index in [1.807, 2.05) is 6.21 Å². The van der Waals surface area contributed by atoms with E-state index in [9.17, 15) is 0 Å². The van der Waals surface area contributed by atoms with Gasteiger partial charge in [0.2, 0.25) is 0 Å². The number of fused-ring (bicyclic) bond motifs is 1. The van der Waals surface area contributed by atoms with E-state index in [4.69, 9.17) is 0 Å². The number of hydrogen-bond acceptors (Lipinski definition) is 2. The first-order valence-corrected chi connectivity index (χ1v) is 7.08. The highest BCUT2D eigenvalue weighted by molar-refractivity contribution is 14.1. The molecular formula is C15H17IN2. The zero-order chi connectivity index (χ0) is 13.0. The number of benzene rings is 2. The molecule has 0 bridgehead atoms. The molecule has 2 aromatic rings. The van der Waals surface area contributed by atoms with Crippen molar-refractivity contribution in [3.8, 4) is 0 Å². The van der Waals surface area contributed by atoms with Crippen molar-refractivity contribution in [1.29, 1.82) is 0 Å². The maximum absolute atomic E-state index is 4.50. The lowest BCUT2D eigenvalue weighted by atomic mass is 10.1. The van der Waals surface area contributed by atoms with Gasteiger partial charge in [0, 0.05) is 27.3 Å². The molecule has 0 aliphatic carbocycles. The van der Waals surface area contributed by atoms with Crippen molar-refractivity contribution in [3.63, 3.8) is 0 Å². The molecule has 3 heteroatoms. The maximum atomic E-state index is 4.50. The molecule has 2 aromatic carbocycles. The van der Waals surface area contributed by atoms with E-state index in [0.717, 1.165) is 13.1 Å². The van der Waals surface area contributed by atoms with E-state index < -0.39 is 0 Å². The summed E-state index contributed by atoms with van der Waals surface area (Å²) in [5.74, 6) is 0. The van der Waals surface area contributed by atoms with Crippen LogP contribution in [0.5, 0.6) is 0 Å². The van der Waals surface area contributed by atoms with Gasteiger partial charge in [0.15, 0.2) is 0 Å². The second-order valence-electron chi connectivity index (χ2n) is 4.52. The third-order valence-electron chi connectivity index (χ3n) is 2.79. The van der Waals surface area contributed by atoms with Crippen LogP contribution in [-0.2, 0) is 0 Å². The summed E-state index contributed by atoms with van der Waals surface area (Å²) in [6.45, 7) is 1.82. The molecule has 0 saturated carbocycles. The molecular weight excluding hydrogens is 335 g/mol. The summed E-state index contributed by atoms with van der Waals surface area (Å²) in [5, 5.41) is 2.58. The molecule has 0 saturated heterocycles. The molecule has 0 fully saturated rings. The number of likely N-dealkylation sites (N-methyl/N-ethyl adjacent to an activating group) is 1. The maximum Gasteiger partial charge on any atom is 0.0516 e. The van der Waals surface area contributed by atoms with Gasteiger partial charge >= 0.3 is 0 Å². The predicted octanol–water partition coefficient (Wildman–Crippen LogP) is 3.42. The van der Waals surface area contributed by atoms with E-state index in [-0.39, 0.29) is 0 Å². The second-order valence-corrected chi connectivity index (χ2v) is 5.69. The summed E-state index contributed by atoms with van der Waals surface area (Å²) in [6.07, 6.45) is 1.99. The summed E-state index contributed by atoms with van der Waals surface area (Å²) in [4.78, 5) is 6.65. The van der Waals surface area contributed by atoms with Crippen molar-refractivity contribution in [1.82, 2.24) is 4.90 Å². The van der Waals surface area contributed by atoms with Gasteiger partial charge in [-0.1, -0.05) is 30.3 Å². The van der Waals surface area contributed by atoms with Crippen LogP contribution in [0.1, 0.15) is 5.56 Å². The molecule has 0 atom stereocenters. The van der Waals surface area contributed by atoms with E-state index >= 15 is 0 Å². The molecule has 2 nitrogen and oxygen atoms in total. The summed E-state index contributed by atoms with van der Waals surface area (Å²) in [6, 6.07) is 12.7. The average Bonchev–Trinajstić information content (AvgIpc) is 2.34. The standard InChI is InChI=1S/C15H17IN2/c1-18(2)10-9-17-11-13-7-3-5-12-6-4-8-14(16)15(12)13/h3-8,11H,9-10H2,1-2H3. The zero-order valence-corrected chi connectivity index (χ0v) is 12.9. The highest BCUT2D eigenvalue weighted by atomic mass is 127. The van der Waals surface area contributed by atoms with Crippen molar-refractivity contribution in [3.05, 3.63) is 45.5 Å².